The van der Waals surface area contributed by atoms with Crippen LogP contribution in [0.5, 0.6) is 0 Å². The molecule has 0 unspecified atom stereocenters. The first-order valence-electron chi connectivity index (χ1n) is 5.11. The maximum Gasteiger partial charge on any atom is 0.247 e. The van der Waals surface area contributed by atoms with Gasteiger partial charge >= 0.3 is 0 Å². The lowest BCUT2D eigenvalue weighted by Crippen LogP contribution is -2.09. The largest absolute Gasteiger partial charge is 0.255 e. The molecule has 2 aromatic heterocycles. The molecule has 0 aliphatic carbocycles. The molecular weight excluding hydrogens is 256 g/mol. The number of sulfonamides is 1. The summed E-state index contributed by atoms with van der Waals surface area (Å²) in [5.74, 6) is 0. The third-order valence-corrected chi connectivity index (χ3v) is 4.33. The number of thiophene rings is 1. The smallest absolute Gasteiger partial charge is 0.247 e. The average Bonchev–Trinajstić information content (AvgIpc) is 2.82. The van der Waals surface area contributed by atoms with Crippen molar-refractivity contribution in [1.82, 2.24) is 4.98 Å². The minimum absolute atomic E-state index is 0. The first-order valence-corrected chi connectivity index (χ1v) is 7.48. The van der Waals surface area contributed by atoms with Crippen LogP contribution >= 0.6 is 11.3 Å². The molecule has 0 radical (unpaired) electrons. The minimum Gasteiger partial charge on any atom is -0.255 e. The van der Waals surface area contributed by atoms with Crippen LogP contribution < -0.4 is 5.14 Å². The molecule has 0 aliphatic heterocycles. The summed E-state index contributed by atoms with van der Waals surface area (Å²) in [6.45, 7) is 4.00. The molecule has 4 nitrogen and oxygen atoms in total. The predicted octanol–water partition coefficient (Wildman–Crippen LogP) is 2.73. The number of rotatable bonds is 2. The van der Waals surface area contributed by atoms with E-state index in [9.17, 15) is 8.42 Å². The normalized spacial score (nSPS) is 10.5. The van der Waals surface area contributed by atoms with Crippen LogP contribution in [0.1, 0.15) is 15.3 Å². The van der Waals surface area contributed by atoms with E-state index in [0.717, 1.165) is 21.9 Å². The molecule has 0 spiro atoms. The molecule has 0 amide bonds. The van der Waals surface area contributed by atoms with Gasteiger partial charge in [-0.1, -0.05) is 19.9 Å². The van der Waals surface area contributed by atoms with Gasteiger partial charge in [0.25, 0.3) is 0 Å². The summed E-state index contributed by atoms with van der Waals surface area (Å²) in [5, 5.41) is 5.01. The lowest BCUT2D eigenvalue weighted by molar-refractivity contribution is 0.600. The summed E-state index contributed by atoms with van der Waals surface area (Å²) in [5.41, 5.74) is 0.748. The van der Waals surface area contributed by atoms with E-state index in [4.69, 9.17) is 5.14 Å². The number of aromatic nitrogens is 1. The highest BCUT2D eigenvalue weighted by molar-refractivity contribution is 7.91. The van der Waals surface area contributed by atoms with E-state index in [1.165, 1.54) is 6.07 Å². The molecule has 2 rings (SSSR count). The van der Waals surface area contributed by atoms with E-state index >= 15 is 0 Å². The van der Waals surface area contributed by atoms with Gasteiger partial charge < -0.3 is 0 Å². The monoisotopic (exact) mass is 272 g/mol. The second-order valence-corrected chi connectivity index (χ2v) is 5.75. The van der Waals surface area contributed by atoms with Crippen LogP contribution in [0.4, 0.5) is 0 Å². The van der Waals surface area contributed by atoms with Gasteiger partial charge in [0.2, 0.25) is 10.0 Å². The topological polar surface area (TPSA) is 73.1 Å². The SMILES string of the molecule is CC.NS(=O)(=O)c1ccc(-c2ccccn2)s1.[HH]. The molecule has 0 atom stereocenters. The number of nitrogens with two attached hydrogens (primary N) is 1. The van der Waals surface area contributed by atoms with E-state index in [1.54, 1.807) is 18.3 Å². The Bertz CT molecular complexity index is 568. The van der Waals surface area contributed by atoms with Gasteiger partial charge in [-0.15, -0.1) is 11.3 Å². The fourth-order valence-corrected chi connectivity index (χ4v) is 2.83. The van der Waals surface area contributed by atoms with Crippen LogP contribution in [-0.4, -0.2) is 13.4 Å². The molecule has 0 saturated carbocycles. The molecule has 0 aliphatic rings. The first kappa shape index (κ1) is 13.8. The Balaban J connectivity index is 0.000000917. The third kappa shape index (κ3) is 3.62. The quantitative estimate of drug-likeness (QED) is 0.913. The van der Waals surface area contributed by atoms with Gasteiger partial charge in [-0.2, -0.15) is 0 Å². The van der Waals surface area contributed by atoms with Gasteiger partial charge in [-0.25, -0.2) is 13.6 Å². The molecule has 0 aromatic carbocycles. The predicted molar refractivity (Wildman–Crippen MR) is 72.4 cm³/mol. The van der Waals surface area contributed by atoms with Gasteiger partial charge in [0.1, 0.15) is 4.21 Å². The van der Waals surface area contributed by atoms with Crippen LogP contribution in [0.3, 0.4) is 0 Å². The Kier molecular flexibility index (Phi) is 4.80. The average molecular weight is 272 g/mol. The van der Waals surface area contributed by atoms with Gasteiger partial charge in [-0.05, 0) is 24.3 Å². The zero-order valence-corrected chi connectivity index (χ0v) is 11.3. The minimum atomic E-state index is -3.60. The van der Waals surface area contributed by atoms with Crippen LogP contribution in [0, 0.1) is 0 Å². The molecule has 2 N–H and O–H groups in total. The highest BCUT2D eigenvalue weighted by atomic mass is 32.2. The molecule has 2 aromatic rings. The summed E-state index contributed by atoms with van der Waals surface area (Å²) in [6.07, 6.45) is 1.66. The molecule has 6 heteroatoms. The summed E-state index contributed by atoms with van der Waals surface area (Å²) in [6, 6.07) is 8.66. The first-order chi connectivity index (χ1) is 8.07. The van der Waals surface area contributed by atoms with Crippen molar-refractivity contribution in [2.75, 3.05) is 0 Å². The van der Waals surface area contributed by atoms with E-state index in [-0.39, 0.29) is 5.64 Å². The van der Waals surface area contributed by atoms with Crippen LogP contribution in [0.2, 0.25) is 0 Å². The summed E-state index contributed by atoms with van der Waals surface area (Å²) < 4.78 is 22.2. The zero-order valence-electron chi connectivity index (χ0n) is 9.62. The van der Waals surface area contributed by atoms with Gasteiger partial charge in [-0.3, -0.25) is 4.98 Å². The zero-order chi connectivity index (χ0) is 12.9. The lowest BCUT2D eigenvalue weighted by atomic mass is 10.3. The van der Waals surface area contributed by atoms with Crippen molar-refractivity contribution in [1.29, 1.82) is 0 Å². The highest BCUT2D eigenvalue weighted by Gasteiger charge is 2.12. The fraction of sp³-hybridized carbons (Fsp3) is 0.182. The molecule has 0 bridgehead atoms. The van der Waals surface area contributed by atoms with Crippen molar-refractivity contribution in [2.45, 2.75) is 18.1 Å². The van der Waals surface area contributed by atoms with Crippen LogP contribution in [0.15, 0.2) is 40.7 Å². The number of nitrogens with zero attached hydrogens (tertiary/aromatic N) is 1. The van der Waals surface area contributed by atoms with Crippen LogP contribution in [-0.2, 0) is 10.0 Å². The molecule has 17 heavy (non-hydrogen) atoms. The van der Waals surface area contributed by atoms with E-state index in [2.05, 4.69) is 4.98 Å². The van der Waals surface area contributed by atoms with E-state index in [1.807, 2.05) is 26.0 Å². The molecule has 0 saturated heterocycles. The Morgan fingerprint density at radius 1 is 1.24 bits per heavy atom. The van der Waals surface area contributed by atoms with Crippen molar-refractivity contribution < 1.29 is 9.84 Å². The summed E-state index contributed by atoms with van der Waals surface area (Å²) in [7, 11) is -3.60. The van der Waals surface area contributed by atoms with Crippen LogP contribution in [0.25, 0.3) is 10.6 Å². The molecule has 2 heterocycles. The standard InChI is InChI=1S/C9H8N2O2S2.C2H6.H2/c10-15(12,13)9-5-4-8(14-9)7-3-1-2-6-11-7;1-2;/h1-6H,(H2,10,12,13);1-2H3;1H. The second kappa shape index (κ2) is 5.90. The molecular formula is C11H16N2O2S2. The number of hydrogen-bond acceptors (Lipinski definition) is 4. The Labute approximate surface area is 107 Å². The summed E-state index contributed by atoms with van der Waals surface area (Å²) in [4.78, 5) is 4.91. The lowest BCUT2D eigenvalue weighted by Gasteiger charge is -1.93. The molecule has 94 valence electrons. The maximum absolute atomic E-state index is 11.0. The maximum atomic E-state index is 11.0. The van der Waals surface area contributed by atoms with Gasteiger partial charge in [0.05, 0.1) is 10.6 Å². The Hall–Kier alpha value is -1.24. The molecule has 0 fully saturated rings. The van der Waals surface area contributed by atoms with Crippen molar-refractivity contribution in [2.24, 2.45) is 5.14 Å². The van der Waals surface area contributed by atoms with E-state index < -0.39 is 10.0 Å². The Morgan fingerprint density at radius 2 is 1.94 bits per heavy atom. The fourth-order valence-electron chi connectivity index (χ4n) is 1.12. The number of pyridine rings is 1. The third-order valence-electron chi connectivity index (χ3n) is 1.78. The van der Waals surface area contributed by atoms with Crippen molar-refractivity contribution in [3.63, 3.8) is 0 Å². The highest BCUT2D eigenvalue weighted by Crippen LogP contribution is 2.28. The summed E-state index contributed by atoms with van der Waals surface area (Å²) >= 11 is 1.12. The van der Waals surface area contributed by atoms with Crippen molar-refractivity contribution in [3.8, 4) is 10.6 Å². The second-order valence-electron chi connectivity index (χ2n) is 2.88. The van der Waals surface area contributed by atoms with Crippen molar-refractivity contribution in [3.05, 3.63) is 36.5 Å². The number of primary sulfonamides is 1. The van der Waals surface area contributed by atoms with E-state index in [0.29, 0.717) is 0 Å². The Morgan fingerprint density at radius 3 is 2.41 bits per heavy atom. The number of hydrogen-bond donors (Lipinski definition) is 1. The van der Waals surface area contributed by atoms with Gasteiger partial charge in [0, 0.05) is 7.62 Å². The van der Waals surface area contributed by atoms with Gasteiger partial charge in [0.15, 0.2) is 0 Å². The van der Waals surface area contributed by atoms with Crippen molar-refractivity contribution >= 4 is 21.4 Å².